The zero-order valence-electron chi connectivity index (χ0n) is 8.23. The maximum atomic E-state index is 13.1. The number of aryl methyl sites for hydroxylation is 1. The van der Waals surface area contributed by atoms with Gasteiger partial charge >= 0.3 is 0 Å². The van der Waals surface area contributed by atoms with Crippen LogP contribution >= 0.6 is 11.6 Å². The molecule has 1 aliphatic rings. The molecule has 1 aromatic rings. The van der Waals surface area contributed by atoms with Gasteiger partial charge < -0.3 is 4.74 Å². The standard InChI is InChI=1S/C11H12ClFO/c1-7-5-10(8(12)6-9(7)13)14-11(2)3-4-11/h5-6H,3-4H2,1-2H3. The fourth-order valence-corrected chi connectivity index (χ4v) is 1.44. The predicted octanol–water partition coefficient (Wildman–Crippen LogP) is 3.72. The molecule has 1 saturated carbocycles. The van der Waals surface area contributed by atoms with E-state index >= 15 is 0 Å². The Morgan fingerprint density at radius 2 is 2.07 bits per heavy atom. The second-order valence-electron chi connectivity index (χ2n) is 4.08. The molecule has 0 aliphatic heterocycles. The van der Waals surface area contributed by atoms with E-state index in [1.807, 2.05) is 6.92 Å². The van der Waals surface area contributed by atoms with Crippen molar-refractivity contribution in [1.82, 2.24) is 0 Å². The lowest BCUT2D eigenvalue weighted by molar-refractivity contribution is 0.200. The maximum absolute atomic E-state index is 13.1. The van der Waals surface area contributed by atoms with Gasteiger partial charge in [-0.05, 0) is 44.4 Å². The molecule has 1 nitrogen and oxygen atoms in total. The zero-order valence-corrected chi connectivity index (χ0v) is 8.99. The van der Waals surface area contributed by atoms with E-state index in [0.29, 0.717) is 16.3 Å². The Bertz CT molecular complexity index is 372. The van der Waals surface area contributed by atoms with E-state index in [0.717, 1.165) is 12.8 Å². The average Bonchev–Trinajstić information content (AvgIpc) is 2.80. The van der Waals surface area contributed by atoms with Crippen LogP contribution in [0.5, 0.6) is 5.75 Å². The highest BCUT2D eigenvalue weighted by atomic mass is 35.5. The number of benzene rings is 1. The Balaban J connectivity index is 2.29. The van der Waals surface area contributed by atoms with E-state index in [1.165, 1.54) is 6.07 Å². The summed E-state index contributed by atoms with van der Waals surface area (Å²) >= 11 is 5.87. The molecule has 0 bridgehead atoms. The van der Waals surface area contributed by atoms with Crippen LogP contribution in [0.1, 0.15) is 25.3 Å². The van der Waals surface area contributed by atoms with Crippen molar-refractivity contribution in [1.29, 1.82) is 0 Å². The molecular formula is C11H12ClFO. The van der Waals surface area contributed by atoms with Gasteiger partial charge in [-0.1, -0.05) is 11.6 Å². The third kappa shape index (κ3) is 1.85. The van der Waals surface area contributed by atoms with Crippen LogP contribution in [0.15, 0.2) is 12.1 Å². The summed E-state index contributed by atoms with van der Waals surface area (Å²) in [6, 6.07) is 2.96. The SMILES string of the molecule is Cc1cc(OC2(C)CC2)c(Cl)cc1F. The second kappa shape index (κ2) is 3.13. The molecule has 0 saturated heterocycles. The molecule has 3 heteroatoms. The number of hydrogen-bond donors (Lipinski definition) is 0. The van der Waals surface area contributed by atoms with E-state index < -0.39 is 0 Å². The molecule has 2 rings (SSSR count). The lowest BCUT2D eigenvalue weighted by Gasteiger charge is -2.14. The van der Waals surface area contributed by atoms with Gasteiger partial charge in [-0.15, -0.1) is 0 Å². The molecule has 0 spiro atoms. The highest BCUT2D eigenvalue weighted by Gasteiger charge is 2.40. The monoisotopic (exact) mass is 214 g/mol. The van der Waals surface area contributed by atoms with Gasteiger partial charge in [0.2, 0.25) is 0 Å². The van der Waals surface area contributed by atoms with Crippen molar-refractivity contribution in [2.45, 2.75) is 32.3 Å². The van der Waals surface area contributed by atoms with Crippen LogP contribution in [-0.4, -0.2) is 5.60 Å². The molecule has 14 heavy (non-hydrogen) atoms. The van der Waals surface area contributed by atoms with Crippen molar-refractivity contribution in [3.63, 3.8) is 0 Å². The number of ether oxygens (including phenoxy) is 1. The van der Waals surface area contributed by atoms with Crippen LogP contribution in [0.25, 0.3) is 0 Å². The fraction of sp³-hybridized carbons (Fsp3) is 0.455. The van der Waals surface area contributed by atoms with Gasteiger partial charge in [-0.25, -0.2) is 4.39 Å². The summed E-state index contributed by atoms with van der Waals surface area (Å²) in [6.07, 6.45) is 2.08. The predicted molar refractivity (Wildman–Crippen MR) is 54.4 cm³/mol. The van der Waals surface area contributed by atoms with E-state index in [4.69, 9.17) is 16.3 Å². The van der Waals surface area contributed by atoms with E-state index in [1.54, 1.807) is 13.0 Å². The van der Waals surface area contributed by atoms with Crippen LogP contribution in [-0.2, 0) is 0 Å². The largest absolute Gasteiger partial charge is 0.486 e. The molecule has 0 N–H and O–H groups in total. The van der Waals surface area contributed by atoms with Crippen molar-refractivity contribution < 1.29 is 9.13 Å². The molecule has 0 radical (unpaired) electrons. The van der Waals surface area contributed by atoms with Crippen LogP contribution in [0.4, 0.5) is 4.39 Å². The molecule has 0 atom stereocenters. The minimum absolute atomic E-state index is 0.0755. The lowest BCUT2D eigenvalue weighted by atomic mass is 10.2. The summed E-state index contributed by atoms with van der Waals surface area (Å²) in [6.45, 7) is 3.73. The van der Waals surface area contributed by atoms with Crippen molar-refractivity contribution in [3.8, 4) is 5.75 Å². The van der Waals surface area contributed by atoms with E-state index in [-0.39, 0.29) is 11.4 Å². The topological polar surface area (TPSA) is 9.23 Å². The summed E-state index contributed by atoms with van der Waals surface area (Å²) in [4.78, 5) is 0. The molecule has 1 aromatic carbocycles. The third-order valence-corrected chi connectivity index (χ3v) is 2.82. The van der Waals surface area contributed by atoms with Gasteiger partial charge in [0.15, 0.2) is 0 Å². The quantitative estimate of drug-likeness (QED) is 0.729. The Kier molecular flexibility index (Phi) is 2.18. The highest BCUT2D eigenvalue weighted by Crippen LogP contribution is 2.41. The smallest absolute Gasteiger partial charge is 0.139 e. The third-order valence-electron chi connectivity index (χ3n) is 2.52. The van der Waals surface area contributed by atoms with Crippen LogP contribution in [0.3, 0.4) is 0 Å². The van der Waals surface area contributed by atoms with Gasteiger partial charge in [0.25, 0.3) is 0 Å². The summed E-state index contributed by atoms with van der Waals surface area (Å²) in [5, 5.41) is 0.348. The molecular weight excluding hydrogens is 203 g/mol. The van der Waals surface area contributed by atoms with Gasteiger partial charge in [0.1, 0.15) is 17.2 Å². The van der Waals surface area contributed by atoms with Gasteiger partial charge in [0, 0.05) is 0 Å². The first-order valence-electron chi connectivity index (χ1n) is 4.65. The molecule has 0 unspecified atom stereocenters. The molecule has 1 fully saturated rings. The number of hydrogen-bond acceptors (Lipinski definition) is 1. The molecule has 0 heterocycles. The zero-order chi connectivity index (χ0) is 10.3. The van der Waals surface area contributed by atoms with Gasteiger partial charge in [0.05, 0.1) is 5.02 Å². The van der Waals surface area contributed by atoms with Crippen molar-refractivity contribution >= 4 is 11.6 Å². The molecule has 1 aliphatic carbocycles. The number of halogens is 2. The summed E-state index contributed by atoms with van der Waals surface area (Å²) in [5.74, 6) is 0.300. The van der Waals surface area contributed by atoms with Crippen LogP contribution in [0, 0.1) is 12.7 Å². The Morgan fingerprint density at radius 3 is 2.64 bits per heavy atom. The first-order valence-corrected chi connectivity index (χ1v) is 5.03. The first-order chi connectivity index (χ1) is 6.50. The van der Waals surface area contributed by atoms with Crippen LogP contribution in [0.2, 0.25) is 5.02 Å². The molecule has 0 amide bonds. The summed E-state index contributed by atoms with van der Waals surface area (Å²) in [5.41, 5.74) is 0.488. The van der Waals surface area contributed by atoms with Crippen molar-refractivity contribution in [2.24, 2.45) is 0 Å². The highest BCUT2D eigenvalue weighted by molar-refractivity contribution is 6.32. The van der Waals surface area contributed by atoms with Crippen molar-refractivity contribution in [3.05, 3.63) is 28.5 Å². The lowest BCUT2D eigenvalue weighted by Crippen LogP contribution is -2.12. The normalized spacial score (nSPS) is 18.0. The summed E-state index contributed by atoms with van der Waals surface area (Å²) < 4.78 is 18.7. The first kappa shape index (κ1) is 9.78. The van der Waals surface area contributed by atoms with E-state index in [2.05, 4.69) is 0 Å². The Morgan fingerprint density at radius 1 is 1.43 bits per heavy atom. The van der Waals surface area contributed by atoms with E-state index in [9.17, 15) is 4.39 Å². The van der Waals surface area contributed by atoms with Crippen molar-refractivity contribution in [2.75, 3.05) is 0 Å². The Labute approximate surface area is 87.8 Å². The maximum Gasteiger partial charge on any atom is 0.139 e. The summed E-state index contributed by atoms with van der Waals surface area (Å²) in [7, 11) is 0. The van der Waals surface area contributed by atoms with Gasteiger partial charge in [-0.3, -0.25) is 0 Å². The van der Waals surface area contributed by atoms with Gasteiger partial charge in [-0.2, -0.15) is 0 Å². The molecule has 0 aromatic heterocycles. The van der Waals surface area contributed by atoms with Crippen LogP contribution < -0.4 is 4.74 Å². The second-order valence-corrected chi connectivity index (χ2v) is 4.49. The molecule has 76 valence electrons. The number of rotatable bonds is 2. The fourth-order valence-electron chi connectivity index (χ4n) is 1.25. The average molecular weight is 215 g/mol. The Hall–Kier alpha value is -0.760. The minimum atomic E-state index is -0.289. The minimum Gasteiger partial charge on any atom is -0.486 e.